The van der Waals surface area contributed by atoms with Gasteiger partial charge in [-0.05, 0) is 119 Å². The third kappa shape index (κ3) is 5.54. The summed E-state index contributed by atoms with van der Waals surface area (Å²) in [5.74, 6) is 16.6. The molecule has 0 aliphatic heterocycles. The van der Waals surface area contributed by atoms with Gasteiger partial charge in [-0.1, -0.05) is 96.8 Å². The summed E-state index contributed by atoms with van der Waals surface area (Å²) in [4.78, 5) is 0. The van der Waals surface area contributed by atoms with Crippen LogP contribution in [0.4, 0.5) is 0 Å². The number of fused-ring (bicyclic) bond motifs is 10. The third-order valence-corrected chi connectivity index (χ3v) is 10.7. The molecule has 3 heteroatoms. The van der Waals surface area contributed by atoms with Gasteiger partial charge in [-0.15, -0.1) is 11.3 Å². The van der Waals surface area contributed by atoms with Crippen molar-refractivity contribution in [2.75, 3.05) is 0 Å². The first kappa shape index (κ1) is 31.3. The van der Waals surface area contributed by atoms with Crippen LogP contribution in [-0.2, 0) is 6.42 Å². The minimum atomic E-state index is 0.834. The lowest BCUT2D eigenvalue weighted by molar-refractivity contribution is 0.569. The molecular weight excluding hydrogens is 653 g/mol. The molecule has 3 heterocycles. The molecule has 0 fully saturated rings. The molecule has 0 unspecified atom stereocenters. The largest absolute Gasteiger partial charge is 0.460 e. The van der Waals surface area contributed by atoms with Crippen molar-refractivity contribution in [1.29, 1.82) is 0 Å². The Kier molecular flexibility index (Phi) is 7.95. The van der Waals surface area contributed by atoms with Crippen molar-refractivity contribution in [3.8, 4) is 57.8 Å². The fraction of sp³-hybridized carbons (Fsp3) is 0.0612. The average molecular weight is 683 g/mol. The van der Waals surface area contributed by atoms with Crippen LogP contribution in [0.25, 0.3) is 87.0 Å². The van der Waals surface area contributed by atoms with Crippen molar-refractivity contribution in [2.24, 2.45) is 0 Å². The molecule has 0 N–H and O–H groups in total. The zero-order chi connectivity index (χ0) is 35.0. The lowest BCUT2D eigenvalue weighted by Gasteiger charge is -2.04. The molecule has 0 atom stereocenters. The molecule has 0 bridgehead atoms. The molecule has 1 aliphatic carbocycles. The van der Waals surface area contributed by atoms with Gasteiger partial charge in [0.1, 0.15) is 22.5 Å². The van der Waals surface area contributed by atoms with E-state index in [4.69, 9.17) is 8.83 Å². The fourth-order valence-electron chi connectivity index (χ4n) is 7.18. The van der Waals surface area contributed by atoms with E-state index in [2.05, 4.69) is 169 Å². The molecule has 0 radical (unpaired) electrons. The van der Waals surface area contributed by atoms with Crippen LogP contribution in [0.15, 0.2) is 136 Å². The van der Waals surface area contributed by atoms with E-state index in [1.807, 2.05) is 11.3 Å². The number of thiophene rings is 1. The second-order valence-electron chi connectivity index (χ2n) is 12.7. The maximum absolute atomic E-state index is 6.36. The van der Waals surface area contributed by atoms with E-state index in [0.29, 0.717) is 0 Å². The number of rotatable bonds is 3. The van der Waals surface area contributed by atoms with Crippen LogP contribution in [0.5, 0.6) is 0 Å². The highest BCUT2D eigenvalue weighted by molar-refractivity contribution is 7.26. The van der Waals surface area contributed by atoms with Gasteiger partial charge in [0.15, 0.2) is 0 Å². The van der Waals surface area contributed by atoms with Gasteiger partial charge in [-0.25, -0.2) is 0 Å². The smallest absolute Gasteiger partial charge is 0.136 e. The van der Waals surface area contributed by atoms with Crippen molar-refractivity contribution in [1.82, 2.24) is 0 Å². The first-order valence-electron chi connectivity index (χ1n) is 17.2. The zero-order valence-corrected chi connectivity index (χ0v) is 29.5. The van der Waals surface area contributed by atoms with E-state index in [9.17, 15) is 0 Å². The standard InChI is InChI=1S/C41H24O2S.C8H6/c1-3-7-24(8-4-1)26-12-16-35-33(20-26)40-36(42-35)17-18-38-41(40)30-14-11-28(23-39(30)44-38)27-13-15-34-31(19-27)32-21-29(22-37(32)43-34)25-9-5-2-6-10-25;1-3-5-7-8-6-4-2/h1-21,23H,22H2;1-2H3. The van der Waals surface area contributed by atoms with Crippen LogP contribution >= 0.6 is 11.3 Å². The molecule has 0 spiro atoms. The van der Waals surface area contributed by atoms with Crippen LogP contribution in [0.2, 0.25) is 0 Å². The Morgan fingerprint density at radius 3 is 1.83 bits per heavy atom. The summed E-state index contributed by atoms with van der Waals surface area (Å²) in [5.41, 5.74) is 11.4. The molecular formula is C49H30O2S. The van der Waals surface area contributed by atoms with Crippen LogP contribution in [0, 0.1) is 35.5 Å². The maximum atomic E-state index is 6.36. The minimum absolute atomic E-state index is 0.834. The Morgan fingerprint density at radius 2 is 1.10 bits per heavy atom. The molecule has 244 valence electrons. The highest BCUT2D eigenvalue weighted by atomic mass is 32.1. The van der Waals surface area contributed by atoms with Gasteiger partial charge < -0.3 is 8.83 Å². The normalized spacial score (nSPS) is 11.6. The first-order valence-corrected chi connectivity index (χ1v) is 18.0. The molecule has 0 saturated carbocycles. The number of hydrogen-bond acceptors (Lipinski definition) is 3. The van der Waals surface area contributed by atoms with Gasteiger partial charge in [0.25, 0.3) is 0 Å². The number of hydrogen-bond donors (Lipinski definition) is 0. The molecule has 1 aliphatic rings. The highest BCUT2D eigenvalue weighted by Crippen LogP contribution is 2.45. The summed E-state index contributed by atoms with van der Waals surface area (Å²) in [5, 5.41) is 6.09. The number of allylic oxidation sites excluding steroid dienone is 1. The Hall–Kier alpha value is -6.70. The molecule has 3 aromatic heterocycles. The summed E-state index contributed by atoms with van der Waals surface area (Å²) in [6.45, 7) is 3.49. The van der Waals surface area contributed by atoms with Crippen molar-refractivity contribution >= 4 is 76.1 Å². The van der Waals surface area contributed by atoms with Crippen LogP contribution < -0.4 is 0 Å². The van der Waals surface area contributed by atoms with Crippen LogP contribution in [0.3, 0.4) is 0 Å². The first-order chi connectivity index (χ1) is 25.7. The van der Waals surface area contributed by atoms with Crippen LogP contribution in [0.1, 0.15) is 30.7 Å². The predicted octanol–water partition coefficient (Wildman–Crippen LogP) is 13.2. The minimum Gasteiger partial charge on any atom is -0.460 e. The van der Waals surface area contributed by atoms with Gasteiger partial charge >= 0.3 is 0 Å². The van der Waals surface area contributed by atoms with E-state index in [0.717, 1.165) is 34.3 Å². The lowest BCUT2D eigenvalue weighted by atomic mass is 9.99. The molecule has 2 nitrogen and oxygen atoms in total. The monoisotopic (exact) mass is 682 g/mol. The van der Waals surface area contributed by atoms with Crippen molar-refractivity contribution in [3.05, 3.63) is 144 Å². The Morgan fingerprint density at radius 1 is 0.481 bits per heavy atom. The molecule has 52 heavy (non-hydrogen) atoms. The molecule has 6 aromatic carbocycles. The van der Waals surface area contributed by atoms with E-state index in [1.54, 1.807) is 13.8 Å². The summed E-state index contributed by atoms with van der Waals surface area (Å²) in [6.07, 6.45) is 3.14. The van der Waals surface area contributed by atoms with E-state index < -0.39 is 0 Å². The lowest BCUT2D eigenvalue weighted by Crippen LogP contribution is -1.83. The maximum Gasteiger partial charge on any atom is 0.136 e. The van der Waals surface area contributed by atoms with Crippen molar-refractivity contribution in [2.45, 2.75) is 20.3 Å². The molecule has 10 rings (SSSR count). The second kappa shape index (κ2) is 13.2. The average Bonchev–Trinajstić information content (AvgIpc) is 3.96. The zero-order valence-electron chi connectivity index (χ0n) is 28.6. The highest BCUT2D eigenvalue weighted by Gasteiger charge is 2.22. The summed E-state index contributed by atoms with van der Waals surface area (Å²) >= 11 is 1.85. The third-order valence-electron chi connectivity index (χ3n) is 9.56. The molecule has 9 aromatic rings. The van der Waals surface area contributed by atoms with E-state index in [-0.39, 0.29) is 0 Å². The Labute approximate surface area is 306 Å². The Bertz CT molecular complexity index is 3040. The van der Waals surface area contributed by atoms with Gasteiger partial charge in [0.2, 0.25) is 0 Å². The SMILES string of the molecule is C1=C(c2ccccc2)Cc2oc3ccc(-c4ccc5c(c4)sc4ccc6oc7ccc(-c8ccccc8)cc7c6c45)cc3c21.CC#CC#CC#CC. The van der Waals surface area contributed by atoms with Crippen LogP contribution in [-0.4, -0.2) is 0 Å². The topological polar surface area (TPSA) is 26.3 Å². The summed E-state index contributed by atoms with van der Waals surface area (Å²) < 4.78 is 15.2. The molecule has 0 amide bonds. The number of benzene rings is 6. The van der Waals surface area contributed by atoms with Gasteiger partial charge in [0, 0.05) is 48.3 Å². The van der Waals surface area contributed by atoms with Gasteiger partial charge in [-0.2, -0.15) is 0 Å². The summed E-state index contributed by atoms with van der Waals surface area (Å²) in [6, 6.07) is 45.5. The number of furan rings is 2. The second-order valence-corrected chi connectivity index (χ2v) is 13.7. The van der Waals surface area contributed by atoms with E-state index >= 15 is 0 Å². The Balaban J connectivity index is 0.000000407. The molecule has 0 saturated heterocycles. The fourth-order valence-corrected chi connectivity index (χ4v) is 8.34. The van der Waals surface area contributed by atoms with Gasteiger partial charge in [0.05, 0.1) is 0 Å². The summed E-state index contributed by atoms with van der Waals surface area (Å²) in [7, 11) is 0. The van der Waals surface area contributed by atoms with Crippen molar-refractivity contribution < 1.29 is 8.83 Å². The quantitative estimate of drug-likeness (QED) is 0.173. The van der Waals surface area contributed by atoms with E-state index in [1.165, 1.54) is 69.9 Å². The van der Waals surface area contributed by atoms with Gasteiger partial charge in [-0.3, -0.25) is 0 Å². The van der Waals surface area contributed by atoms with Crippen molar-refractivity contribution in [3.63, 3.8) is 0 Å². The predicted molar refractivity (Wildman–Crippen MR) is 220 cm³/mol.